The minimum atomic E-state index is -0.420. The first kappa shape index (κ1) is 12.1. The number of hydrogen-bond acceptors (Lipinski definition) is 5. The third kappa shape index (κ3) is 2.74. The summed E-state index contributed by atoms with van der Waals surface area (Å²) in [5.74, 6) is -0.539. The highest BCUT2D eigenvalue weighted by atomic mass is 16.7. The van der Waals surface area contributed by atoms with Crippen LogP contribution in [0, 0.1) is 0 Å². The van der Waals surface area contributed by atoms with Crippen molar-refractivity contribution in [2.75, 3.05) is 28.2 Å². The largest absolute Gasteiger partial charge is 0.272 e. The van der Waals surface area contributed by atoms with E-state index in [-0.39, 0.29) is 24.7 Å². The Morgan fingerprint density at radius 3 is 1.80 bits per heavy atom. The van der Waals surface area contributed by atoms with Crippen LogP contribution in [0.1, 0.15) is 12.8 Å². The van der Waals surface area contributed by atoms with Gasteiger partial charge in [-0.2, -0.15) is 5.06 Å². The van der Waals surface area contributed by atoms with Gasteiger partial charge in [0, 0.05) is 12.8 Å². The summed E-state index contributed by atoms with van der Waals surface area (Å²) in [4.78, 5) is 31.5. The summed E-state index contributed by atoms with van der Waals surface area (Å²) in [6.45, 7) is 0. The zero-order valence-corrected chi connectivity index (χ0v) is 9.56. The lowest BCUT2D eigenvalue weighted by molar-refractivity contribution is -0.250. The quantitative estimate of drug-likeness (QED) is 0.466. The molecular formula is C9H17N3O3. The second kappa shape index (κ2) is 4.69. The first-order valence-electron chi connectivity index (χ1n) is 4.79. The molecule has 0 N–H and O–H groups in total. The van der Waals surface area contributed by atoms with E-state index < -0.39 is 6.35 Å². The van der Waals surface area contributed by atoms with Gasteiger partial charge in [-0.1, -0.05) is 0 Å². The van der Waals surface area contributed by atoms with Crippen molar-refractivity contribution in [3.63, 3.8) is 0 Å². The molecule has 0 spiro atoms. The standard InChI is InChI=1S/C9H17N3O3/c1-10(2)9(11(3)4)15-12-7(13)5-6-8(12)14/h9H,5-6H2,1-4H3. The SMILES string of the molecule is CN(C)C(ON1C(=O)CCC1=O)N(C)C. The molecular weight excluding hydrogens is 198 g/mol. The Bertz CT molecular complexity index is 241. The maximum atomic E-state index is 11.3. The average Bonchev–Trinajstić information content (AvgIpc) is 2.42. The van der Waals surface area contributed by atoms with Crippen molar-refractivity contribution < 1.29 is 14.4 Å². The highest BCUT2D eigenvalue weighted by Gasteiger charge is 2.33. The van der Waals surface area contributed by atoms with E-state index in [1.54, 1.807) is 9.80 Å². The lowest BCUT2D eigenvalue weighted by Crippen LogP contribution is -2.48. The lowest BCUT2D eigenvalue weighted by Gasteiger charge is -2.31. The summed E-state index contributed by atoms with van der Waals surface area (Å²) in [7, 11) is 7.26. The number of rotatable bonds is 4. The van der Waals surface area contributed by atoms with Gasteiger partial charge in [-0.3, -0.25) is 19.4 Å². The Hall–Kier alpha value is -0.980. The van der Waals surface area contributed by atoms with E-state index in [1.165, 1.54) is 0 Å². The van der Waals surface area contributed by atoms with Crippen LogP contribution in [0.3, 0.4) is 0 Å². The van der Waals surface area contributed by atoms with Crippen molar-refractivity contribution in [2.45, 2.75) is 19.2 Å². The molecule has 0 aromatic heterocycles. The van der Waals surface area contributed by atoms with Crippen LogP contribution in [0.4, 0.5) is 0 Å². The predicted octanol–water partition coefficient (Wildman–Crippen LogP) is -0.526. The molecule has 1 rings (SSSR count). The van der Waals surface area contributed by atoms with E-state index in [2.05, 4.69) is 0 Å². The molecule has 15 heavy (non-hydrogen) atoms. The number of hydrogen-bond donors (Lipinski definition) is 0. The van der Waals surface area contributed by atoms with E-state index in [9.17, 15) is 9.59 Å². The number of imide groups is 1. The van der Waals surface area contributed by atoms with Gasteiger partial charge in [0.25, 0.3) is 11.8 Å². The molecule has 0 saturated carbocycles. The van der Waals surface area contributed by atoms with E-state index in [1.807, 2.05) is 28.2 Å². The fraction of sp³-hybridized carbons (Fsp3) is 0.778. The molecule has 0 unspecified atom stereocenters. The monoisotopic (exact) mass is 215 g/mol. The topological polar surface area (TPSA) is 53.1 Å². The molecule has 1 aliphatic rings. The maximum absolute atomic E-state index is 11.3. The van der Waals surface area contributed by atoms with Gasteiger partial charge in [-0.15, -0.1) is 0 Å². The van der Waals surface area contributed by atoms with Gasteiger partial charge in [0.2, 0.25) is 0 Å². The minimum absolute atomic E-state index is 0.242. The van der Waals surface area contributed by atoms with Gasteiger partial charge in [-0.25, -0.2) is 4.84 Å². The molecule has 0 aromatic carbocycles. The maximum Gasteiger partial charge on any atom is 0.254 e. The highest BCUT2D eigenvalue weighted by Crippen LogP contribution is 2.15. The van der Waals surface area contributed by atoms with E-state index in [0.717, 1.165) is 5.06 Å². The zero-order valence-electron chi connectivity index (χ0n) is 9.56. The number of hydroxylamine groups is 2. The smallest absolute Gasteiger partial charge is 0.254 e. The molecule has 1 saturated heterocycles. The molecule has 2 amide bonds. The van der Waals surface area contributed by atoms with Crippen LogP contribution in [0.25, 0.3) is 0 Å². The van der Waals surface area contributed by atoms with Crippen LogP contribution < -0.4 is 0 Å². The zero-order chi connectivity index (χ0) is 11.6. The van der Waals surface area contributed by atoms with Crippen LogP contribution in [0.2, 0.25) is 0 Å². The van der Waals surface area contributed by atoms with Gasteiger partial charge in [0.1, 0.15) is 0 Å². The Balaban J connectivity index is 2.65. The molecule has 6 heteroatoms. The first-order valence-corrected chi connectivity index (χ1v) is 4.79. The van der Waals surface area contributed by atoms with Crippen molar-refractivity contribution >= 4 is 11.8 Å². The molecule has 0 bridgehead atoms. The number of carbonyl (C=O) groups is 2. The average molecular weight is 215 g/mol. The second-order valence-corrected chi connectivity index (χ2v) is 3.94. The third-order valence-corrected chi connectivity index (χ3v) is 2.09. The summed E-state index contributed by atoms with van der Waals surface area (Å²) < 4.78 is 0. The number of amides is 2. The van der Waals surface area contributed by atoms with Gasteiger partial charge in [-0.05, 0) is 28.2 Å². The number of nitrogens with zero attached hydrogens (tertiary/aromatic N) is 3. The molecule has 0 aliphatic carbocycles. The number of carbonyl (C=O) groups excluding carboxylic acids is 2. The van der Waals surface area contributed by atoms with Crippen LogP contribution in [0.15, 0.2) is 0 Å². The lowest BCUT2D eigenvalue weighted by atomic mass is 10.4. The Morgan fingerprint density at radius 1 is 1.07 bits per heavy atom. The molecule has 86 valence electrons. The van der Waals surface area contributed by atoms with Crippen LogP contribution >= 0.6 is 0 Å². The summed E-state index contributed by atoms with van der Waals surface area (Å²) >= 11 is 0. The van der Waals surface area contributed by atoms with Crippen molar-refractivity contribution in [1.29, 1.82) is 0 Å². The molecule has 1 aliphatic heterocycles. The fourth-order valence-corrected chi connectivity index (χ4v) is 1.42. The summed E-state index contributed by atoms with van der Waals surface area (Å²) in [5, 5.41) is 0.866. The van der Waals surface area contributed by atoms with Gasteiger partial charge in [0.15, 0.2) is 6.35 Å². The molecule has 6 nitrogen and oxygen atoms in total. The summed E-state index contributed by atoms with van der Waals surface area (Å²) in [6.07, 6.45) is 0.0646. The van der Waals surface area contributed by atoms with E-state index >= 15 is 0 Å². The van der Waals surface area contributed by atoms with Crippen molar-refractivity contribution in [1.82, 2.24) is 14.9 Å². The van der Waals surface area contributed by atoms with Crippen molar-refractivity contribution in [2.24, 2.45) is 0 Å². The van der Waals surface area contributed by atoms with Crippen molar-refractivity contribution in [3.8, 4) is 0 Å². The molecule has 0 radical (unpaired) electrons. The van der Waals surface area contributed by atoms with Crippen LogP contribution in [0.5, 0.6) is 0 Å². The van der Waals surface area contributed by atoms with Gasteiger partial charge >= 0.3 is 0 Å². The minimum Gasteiger partial charge on any atom is -0.272 e. The Labute approximate surface area is 89.3 Å². The van der Waals surface area contributed by atoms with E-state index in [0.29, 0.717) is 0 Å². The van der Waals surface area contributed by atoms with Crippen LogP contribution in [-0.2, 0) is 14.4 Å². The highest BCUT2D eigenvalue weighted by molar-refractivity contribution is 6.00. The summed E-state index contributed by atoms with van der Waals surface area (Å²) in [6, 6.07) is 0. The summed E-state index contributed by atoms with van der Waals surface area (Å²) in [5.41, 5.74) is 0. The fourth-order valence-electron chi connectivity index (χ4n) is 1.42. The Kier molecular flexibility index (Phi) is 3.78. The predicted molar refractivity (Wildman–Crippen MR) is 53.3 cm³/mol. The molecule has 0 atom stereocenters. The molecule has 0 aromatic rings. The first-order chi connectivity index (χ1) is 6.93. The third-order valence-electron chi connectivity index (χ3n) is 2.09. The second-order valence-electron chi connectivity index (χ2n) is 3.94. The van der Waals surface area contributed by atoms with Gasteiger partial charge in [0.05, 0.1) is 0 Å². The Morgan fingerprint density at radius 2 is 1.47 bits per heavy atom. The molecule has 1 fully saturated rings. The van der Waals surface area contributed by atoms with Gasteiger partial charge < -0.3 is 0 Å². The van der Waals surface area contributed by atoms with Crippen LogP contribution in [-0.4, -0.2) is 61.2 Å². The normalized spacial score (nSPS) is 17.7. The van der Waals surface area contributed by atoms with E-state index in [4.69, 9.17) is 4.84 Å². The molecule has 1 heterocycles. The van der Waals surface area contributed by atoms with Crippen molar-refractivity contribution in [3.05, 3.63) is 0 Å².